The van der Waals surface area contributed by atoms with Crippen LogP contribution in [0.4, 0.5) is 11.5 Å². The first-order valence-electron chi connectivity index (χ1n) is 11.3. The van der Waals surface area contributed by atoms with E-state index in [1.165, 1.54) is 40.9 Å². The highest BCUT2D eigenvalue weighted by atomic mass is 32.1. The molecule has 186 valence electrons. The van der Waals surface area contributed by atoms with E-state index in [1.807, 2.05) is 28.5 Å². The third kappa shape index (κ3) is 4.28. The van der Waals surface area contributed by atoms with Crippen molar-refractivity contribution in [3.8, 4) is 0 Å². The Morgan fingerprint density at radius 1 is 1.03 bits per heavy atom. The molecule has 0 bridgehead atoms. The van der Waals surface area contributed by atoms with Crippen LogP contribution in [0.25, 0.3) is 11.2 Å². The van der Waals surface area contributed by atoms with Gasteiger partial charge in [0.15, 0.2) is 11.2 Å². The van der Waals surface area contributed by atoms with Crippen LogP contribution in [0, 0.1) is 0 Å². The zero-order valence-corrected chi connectivity index (χ0v) is 20.6. The summed E-state index contributed by atoms with van der Waals surface area (Å²) in [5.74, 6) is 0.0534. The van der Waals surface area contributed by atoms with Crippen molar-refractivity contribution < 1.29 is 9.59 Å². The quantitative estimate of drug-likeness (QED) is 0.416. The van der Waals surface area contributed by atoms with Crippen molar-refractivity contribution in [2.75, 3.05) is 36.4 Å². The predicted octanol–water partition coefficient (Wildman–Crippen LogP) is 0.491. The normalized spacial score (nSPS) is 13.8. The summed E-state index contributed by atoms with van der Waals surface area (Å²) in [6.45, 7) is 2.47. The number of carbonyl (C=O) groups excluding carboxylic acids is 2. The van der Waals surface area contributed by atoms with Crippen LogP contribution in [0.5, 0.6) is 0 Å². The molecule has 0 unspecified atom stereocenters. The van der Waals surface area contributed by atoms with Gasteiger partial charge < -0.3 is 19.7 Å². The maximum atomic E-state index is 12.6. The number of aryl methyl sites for hydroxylation is 1. The summed E-state index contributed by atoms with van der Waals surface area (Å²) >= 11 is 1.45. The van der Waals surface area contributed by atoms with E-state index in [0.717, 1.165) is 15.1 Å². The molecular weight excluding hydrogens is 484 g/mol. The highest BCUT2D eigenvalue weighted by Crippen LogP contribution is 2.19. The van der Waals surface area contributed by atoms with Gasteiger partial charge >= 0.3 is 5.69 Å². The molecule has 0 atom stereocenters. The summed E-state index contributed by atoms with van der Waals surface area (Å²) in [4.78, 5) is 63.0. The van der Waals surface area contributed by atoms with Crippen LogP contribution in [0.1, 0.15) is 9.67 Å². The van der Waals surface area contributed by atoms with Crippen LogP contribution in [0.15, 0.2) is 51.8 Å². The molecule has 1 fully saturated rings. The molecule has 4 aromatic rings. The number of aromatic nitrogens is 5. The first kappa shape index (κ1) is 23.5. The van der Waals surface area contributed by atoms with Gasteiger partial charge in [0.2, 0.25) is 5.91 Å². The van der Waals surface area contributed by atoms with E-state index in [1.54, 1.807) is 12.3 Å². The fraction of sp³-hybridized carbons (Fsp3) is 0.304. The number of nitrogens with one attached hydrogen (secondary N) is 1. The average Bonchev–Trinajstić information content (AvgIpc) is 3.57. The van der Waals surface area contributed by atoms with Crippen LogP contribution in [0.2, 0.25) is 0 Å². The Morgan fingerprint density at radius 3 is 2.47 bits per heavy atom. The molecule has 5 rings (SSSR count). The molecule has 0 spiro atoms. The summed E-state index contributed by atoms with van der Waals surface area (Å²) in [7, 11) is 2.91. The van der Waals surface area contributed by atoms with Gasteiger partial charge in [-0.1, -0.05) is 6.07 Å². The van der Waals surface area contributed by atoms with Gasteiger partial charge in [0, 0.05) is 40.3 Å². The number of hydrogen-bond donors (Lipinski definition) is 1. The summed E-state index contributed by atoms with van der Waals surface area (Å²) < 4.78 is 3.66. The molecular formula is C23H24N8O4S. The highest BCUT2D eigenvalue weighted by Gasteiger charge is 2.23. The number of thiophene rings is 1. The third-order valence-electron chi connectivity index (χ3n) is 6.21. The van der Waals surface area contributed by atoms with Crippen LogP contribution in [-0.2, 0) is 25.4 Å². The Labute approximate surface area is 209 Å². The fourth-order valence-corrected chi connectivity index (χ4v) is 4.92. The second-order valence-electron chi connectivity index (χ2n) is 8.46. The molecule has 1 aliphatic heterocycles. The lowest BCUT2D eigenvalue weighted by atomic mass is 10.2. The number of rotatable bonds is 5. The molecule has 1 saturated heterocycles. The maximum Gasteiger partial charge on any atom is 0.332 e. The van der Waals surface area contributed by atoms with Crippen molar-refractivity contribution in [2.24, 2.45) is 14.1 Å². The van der Waals surface area contributed by atoms with Crippen molar-refractivity contribution in [1.29, 1.82) is 0 Å². The fourth-order valence-electron chi connectivity index (χ4n) is 4.22. The lowest BCUT2D eigenvalue weighted by Gasteiger charge is -2.35. The summed E-state index contributed by atoms with van der Waals surface area (Å²) in [5, 5.41) is 4.63. The summed E-state index contributed by atoms with van der Waals surface area (Å²) in [6, 6.07) is 7.30. The number of pyridine rings is 1. The molecule has 0 aromatic carbocycles. The average molecular weight is 509 g/mol. The van der Waals surface area contributed by atoms with Crippen molar-refractivity contribution >= 4 is 45.8 Å². The topological polar surface area (TPSA) is 127 Å². The van der Waals surface area contributed by atoms with E-state index in [-0.39, 0.29) is 29.5 Å². The molecule has 36 heavy (non-hydrogen) atoms. The van der Waals surface area contributed by atoms with Gasteiger partial charge in [-0.3, -0.25) is 23.5 Å². The summed E-state index contributed by atoms with van der Waals surface area (Å²) in [5.41, 5.74) is 0.298. The van der Waals surface area contributed by atoms with E-state index in [0.29, 0.717) is 32.0 Å². The molecule has 1 aliphatic rings. The molecule has 0 saturated carbocycles. The minimum absolute atomic E-state index is 0.0617. The zero-order valence-electron chi connectivity index (χ0n) is 19.7. The van der Waals surface area contributed by atoms with Gasteiger partial charge in [-0.15, -0.1) is 11.3 Å². The Bertz CT molecular complexity index is 1540. The van der Waals surface area contributed by atoms with Crippen LogP contribution >= 0.6 is 11.3 Å². The monoisotopic (exact) mass is 508 g/mol. The van der Waals surface area contributed by atoms with Gasteiger partial charge in [-0.25, -0.2) is 14.8 Å². The lowest BCUT2D eigenvalue weighted by Crippen LogP contribution is -2.48. The van der Waals surface area contributed by atoms with E-state index in [2.05, 4.69) is 20.2 Å². The Kier molecular flexibility index (Phi) is 6.14. The van der Waals surface area contributed by atoms with Crippen LogP contribution in [-0.4, -0.2) is 66.6 Å². The second kappa shape index (κ2) is 9.41. The van der Waals surface area contributed by atoms with E-state index >= 15 is 0 Å². The number of hydrogen-bond acceptors (Lipinski definition) is 8. The SMILES string of the molecule is Cn1c(=O)c2c(ncn2CC(=O)Nc2ccc(N3CCN(C(=O)c4cccs4)CC3)cn2)n(C)c1=O. The van der Waals surface area contributed by atoms with Gasteiger partial charge in [0.05, 0.1) is 23.1 Å². The largest absolute Gasteiger partial charge is 0.367 e. The van der Waals surface area contributed by atoms with E-state index in [4.69, 9.17) is 0 Å². The molecule has 4 aromatic heterocycles. The molecule has 0 radical (unpaired) electrons. The summed E-state index contributed by atoms with van der Waals surface area (Å²) in [6.07, 6.45) is 3.05. The zero-order chi connectivity index (χ0) is 25.4. The molecule has 0 aliphatic carbocycles. The van der Waals surface area contributed by atoms with Crippen molar-refractivity contribution in [1.82, 2.24) is 28.6 Å². The number of amides is 2. The molecule has 2 amide bonds. The minimum atomic E-state index is -0.516. The smallest absolute Gasteiger partial charge is 0.332 e. The first-order valence-corrected chi connectivity index (χ1v) is 12.2. The highest BCUT2D eigenvalue weighted by molar-refractivity contribution is 7.12. The molecule has 13 heteroatoms. The van der Waals surface area contributed by atoms with Gasteiger partial charge in [0.1, 0.15) is 12.4 Å². The Hall–Kier alpha value is -4.26. The van der Waals surface area contributed by atoms with Gasteiger partial charge in [-0.05, 0) is 23.6 Å². The molecule has 12 nitrogen and oxygen atoms in total. The predicted molar refractivity (Wildman–Crippen MR) is 136 cm³/mol. The van der Waals surface area contributed by atoms with Crippen LogP contribution < -0.4 is 21.5 Å². The number of imidazole rings is 1. The maximum absolute atomic E-state index is 12.6. The second-order valence-corrected chi connectivity index (χ2v) is 9.40. The number of fused-ring (bicyclic) bond motifs is 1. The minimum Gasteiger partial charge on any atom is -0.367 e. The van der Waals surface area contributed by atoms with Gasteiger partial charge in [-0.2, -0.15) is 0 Å². The third-order valence-corrected chi connectivity index (χ3v) is 7.07. The van der Waals surface area contributed by atoms with Crippen molar-refractivity contribution in [2.45, 2.75) is 6.54 Å². The molecule has 5 heterocycles. The molecule has 1 N–H and O–H groups in total. The van der Waals surface area contributed by atoms with E-state index < -0.39 is 11.2 Å². The van der Waals surface area contributed by atoms with Crippen LogP contribution in [0.3, 0.4) is 0 Å². The van der Waals surface area contributed by atoms with Gasteiger partial charge in [0.25, 0.3) is 11.5 Å². The Morgan fingerprint density at radius 2 is 1.81 bits per heavy atom. The number of anilines is 2. The lowest BCUT2D eigenvalue weighted by molar-refractivity contribution is -0.116. The standard InChI is InChI=1S/C23H24N8O4S/c1-27-20-19(22(34)28(2)23(27)35)31(14-25-20)13-18(32)26-17-6-5-15(12-24-17)29-7-9-30(10-8-29)21(33)16-4-3-11-36-16/h3-6,11-12,14H,7-10,13H2,1-2H3,(H,24,26,32). The number of piperazine rings is 1. The number of nitrogens with zero attached hydrogens (tertiary/aromatic N) is 7. The van der Waals surface area contributed by atoms with Crippen molar-refractivity contribution in [3.05, 3.63) is 67.9 Å². The Balaban J connectivity index is 1.21. The van der Waals surface area contributed by atoms with Crippen molar-refractivity contribution in [3.63, 3.8) is 0 Å². The number of carbonyl (C=O) groups is 2. The first-order chi connectivity index (χ1) is 17.3. The van der Waals surface area contributed by atoms with E-state index in [9.17, 15) is 19.2 Å².